The highest BCUT2D eigenvalue weighted by Crippen LogP contribution is 2.48. The number of aliphatic hydroxyl groups excluding tert-OH is 1. The molecule has 1 aliphatic rings. The van der Waals surface area contributed by atoms with E-state index in [1.165, 1.54) is 19.1 Å². The number of hydrogen-bond acceptors (Lipinski definition) is 11. The number of benzene rings is 1. The molecule has 39 heavy (non-hydrogen) atoms. The van der Waals surface area contributed by atoms with Crippen LogP contribution in [0.2, 0.25) is 0 Å². The Morgan fingerprint density at radius 3 is 2.72 bits per heavy atom. The average Bonchev–Trinajstić information content (AvgIpc) is 3.36. The highest BCUT2D eigenvalue weighted by molar-refractivity contribution is 7.52. The highest BCUT2D eigenvalue weighted by Gasteiger charge is 2.56. The molecular weight excluding hydrogens is 538 g/mol. The van der Waals surface area contributed by atoms with Crippen LogP contribution in [-0.2, 0) is 23.4 Å². The van der Waals surface area contributed by atoms with Crippen LogP contribution in [0, 0.1) is 0 Å². The van der Waals surface area contributed by atoms with Crippen LogP contribution in [0.15, 0.2) is 41.5 Å². The number of nitrogens with one attached hydrogen (secondary N) is 2. The van der Waals surface area contributed by atoms with Crippen LogP contribution in [0.25, 0.3) is 11.2 Å². The number of alkyl halides is 1. The average molecular weight is 568 g/mol. The van der Waals surface area contributed by atoms with Gasteiger partial charge in [-0.05, 0) is 39.8 Å². The van der Waals surface area contributed by atoms with Crippen LogP contribution in [0.5, 0.6) is 5.75 Å². The van der Waals surface area contributed by atoms with Crippen LogP contribution in [0.1, 0.15) is 33.9 Å². The maximum absolute atomic E-state index is 15.8. The van der Waals surface area contributed by atoms with E-state index in [1.807, 2.05) is 0 Å². The zero-order valence-electron chi connectivity index (χ0n) is 21.6. The summed E-state index contributed by atoms with van der Waals surface area (Å²) < 4.78 is 52.6. The Morgan fingerprint density at radius 2 is 2.05 bits per heavy atom. The molecule has 0 bridgehead atoms. The molecule has 2 aromatic heterocycles. The summed E-state index contributed by atoms with van der Waals surface area (Å²) in [5, 5.41) is 13.3. The first-order valence-electron chi connectivity index (χ1n) is 12.0. The Bertz CT molecular complexity index is 1430. The van der Waals surface area contributed by atoms with E-state index in [0.717, 1.165) is 17.8 Å². The number of para-hydroxylation sites is 1. The Kier molecular flexibility index (Phi) is 8.09. The zero-order chi connectivity index (χ0) is 28.5. The molecule has 6 atom stereocenters. The Balaban J connectivity index is 1.56. The SMILES string of the molecule is CC(C)OC(=O)[C@@H](C)N[P@@](=O)(OC[C@H]1O[C@@H](n2cnc3c(=O)[nH]c(N)nc32)[C@](C)(F)[C@@H]1O)Oc1ccccc1. The first-order valence-corrected chi connectivity index (χ1v) is 13.6. The fourth-order valence-corrected chi connectivity index (χ4v) is 5.47. The lowest BCUT2D eigenvalue weighted by Gasteiger charge is -2.25. The van der Waals surface area contributed by atoms with E-state index in [9.17, 15) is 19.3 Å². The lowest BCUT2D eigenvalue weighted by atomic mass is 9.98. The third-order valence-corrected chi connectivity index (χ3v) is 7.50. The molecule has 0 unspecified atom stereocenters. The van der Waals surface area contributed by atoms with Gasteiger partial charge in [0.25, 0.3) is 5.56 Å². The lowest BCUT2D eigenvalue weighted by molar-refractivity contribution is -0.149. The van der Waals surface area contributed by atoms with Gasteiger partial charge in [-0.25, -0.2) is 13.9 Å². The molecule has 0 aliphatic carbocycles. The largest absolute Gasteiger partial charge is 0.462 e. The summed E-state index contributed by atoms with van der Waals surface area (Å²) in [6, 6.07) is 6.93. The number of aliphatic hydroxyl groups is 1. The normalized spacial score (nSPS) is 25.5. The number of hydrogen-bond donors (Lipinski definition) is 4. The molecule has 1 fully saturated rings. The number of carbonyl (C=O) groups excluding carboxylic acids is 1. The second-order valence-corrected chi connectivity index (χ2v) is 11.1. The first kappa shape index (κ1) is 28.6. The summed E-state index contributed by atoms with van der Waals surface area (Å²) in [5.41, 5.74) is 2.40. The molecule has 5 N–H and O–H groups in total. The summed E-state index contributed by atoms with van der Waals surface area (Å²) in [5.74, 6) is -0.756. The maximum Gasteiger partial charge on any atom is 0.459 e. The number of ether oxygens (including phenoxy) is 2. The number of H-pyrrole nitrogens is 1. The summed E-state index contributed by atoms with van der Waals surface area (Å²) in [6.07, 6.45) is -3.90. The Morgan fingerprint density at radius 1 is 1.36 bits per heavy atom. The van der Waals surface area contributed by atoms with Gasteiger partial charge in [0.15, 0.2) is 23.1 Å². The van der Waals surface area contributed by atoms with Crippen molar-refractivity contribution in [2.75, 3.05) is 12.3 Å². The molecule has 1 saturated heterocycles. The van der Waals surface area contributed by atoms with E-state index >= 15 is 4.39 Å². The van der Waals surface area contributed by atoms with E-state index in [0.29, 0.717) is 0 Å². The van der Waals surface area contributed by atoms with Crippen molar-refractivity contribution in [1.29, 1.82) is 0 Å². The second-order valence-electron chi connectivity index (χ2n) is 9.43. The maximum atomic E-state index is 15.8. The number of nitrogen functional groups attached to an aromatic ring is 1. The van der Waals surface area contributed by atoms with Gasteiger partial charge < -0.3 is 24.8 Å². The first-order chi connectivity index (χ1) is 18.3. The number of aromatic nitrogens is 4. The molecule has 0 spiro atoms. The van der Waals surface area contributed by atoms with E-state index < -0.39 is 62.1 Å². The molecule has 1 aromatic carbocycles. The molecular formula is C23H30FN6O8P. The number of rotatable bonds is 10. The third-order valence-electron chi connectivity index (χ3n) is 5.86. The van der Waals surface area contributed by atoms with Crippen molar-refractivity contribution in [2.24, 2.45) is 0 Å². The van der Waals surface area contributed by atoms with Crippen molar-refractivity contribution in [3.8, 4) is 5.75 Å². The number of halogens is 1. The Hall–Kier alpha value is -3.36. The van der Waals surface area contributed by atoms with Gasteiger partial charge in [0, 0.05) is 0 Å². The quantitative estimate of drug-likeness (QED) is 0.205. The number of imidazole rings is 1. The summed E-state index contributed by atoms with van der Waals surface area (Å²) >= 11 is 0. The van der Waals surface area contributed by atoms with E-state index in [4.69, 9.17) is 24.3 Å². The summed E-state index contributed by atoms with van der Waals surface area (Å²) in [4.78, 5) is 34.7. The molecule has 14 nitrogen and oxygen atoms in total. The van der Waals surface area contributed by atoms with Gasteiger partial charge in [-0.2, -0.15) is 10.1 Å². The number of carbonyl (C=O) groups is 1. The number of aromatic amines is 1. The van der Waals surface area contributed by atoms with Gasteiger partial charge in [-0.15, -0.1) is 0 Å². The third kappa shape index (κ3) is 6.12. The number of fused-ring (bicyclic) bond motifs is 1. The molecule has 1 aliphatic heterocycles. The van der Waals surface area contributed by atoms with Crippen molar-refractivity contribution in [2.45, 2.75) is 63.9 Å². The van der Waals surface area contributed by atoms with Gasteiger partial charge in [-0.3, -0.25) is 23.7 Å². The van der Waals surface area contributed by atoms with Crippen molar-refractivity contribution in [1.82, 2.24) is 24.6 Å². The topological polar surface area (TPSA) is 193 Å². The molecule has 3 heterocycles. The monoisotopic (exact) mass is 568 g/mol. The lowest BCUT2D eigenvalue weighted by Crippen LogP contribution is -2.41. The van der Waals surface area contributed by atoms with Gasteiger partial charge in [0.05, 0.1) is 19.0 Å². The summed E-state index contributed by atoms with van der Waals surface area (Å²) in [6.45, 7) is 5.22. The molecule has 212 valence electrons. The van der Waals surface area contributed by atoms with Crippen LogP contribution in [0.4, 0.5) is 10.3 Å². The number of nitrogens with two attached hydrogens (primary N) is 1. The van der Waals surface area contributed by atoms with Crippen molar-refractivity contribution in [3.05, 3.63) is 47.0 Å². The number of esters is 1. The minimum Gasteiger partial charge on any atom is -0.462 e. The van der Waals surface area contributed by atoms with Gasteiger partial charge in [0.2, 0.25) is 5.95 Å². The smallest absolute Gasteiger partial charge is 0.459 e. The predicted octanol–water partition coefficient (Wildman–Crippen LogP) is 1.82. The predicted molar refractivity (Wildman–Crippen MR) is 136 cm³/mol. The zero-order valence-corrected chi connectivity index (χ0v) is 22.5. The van der Waals surface area contributed by atoms with Gasteiger partial charge in [0.1, 0.15) is 24.0 Å². The van der Waals surface area contributed by atoms with Crippen LogP contribution in [-0.4, -0.2) is 67.2 Å². The highest BCUT2D eigenvalue weighted by atomic mass is 31.2. The Labute approximate surface area is 222 Å². The second kappa shape index (κ2) is 11.0. The van der Waals surface area contributed by atoms with Crippen molar-refractivity contribution >= 4 is 30.8 Å². The molecule has 16 heteroatoms. The van der Waals surface area contributed by atoms with Gasteiger partial charge >= 0.3 is 13.7 Å². The number of anilines is 1. The molecule has 3 aromatic rings. The van der Waals surface area contributed by atoms with Crippen LogP contribution >= 0.6 is 7.75 Å². The summed E-state index contributed by atoms with van der Waals surface area (Å²) in [7, 11) is -4.31. The van der Waals surface area contributed by atoms with E-state index in [2.05, 4.69) is 20.0 Å². The molecule has 4 rings (SSSR count). The molecule has 0 amide bonds. The standard InChI is InChI=1S/C23H30FN6O8P/c1-12(2)36-20(33)13(3)29-39(34,38-14-8-6-5-7-9-14)35-10-15-17(31)23(4,24)21(37-15)30-11-26-16-18(30)27-22(25)28-19(16)32/h5-9,11-13,15,17,21,31H,10H2,1-4H3,(H,29,34)(H3,25,27,28,32)/t13-,15-,17-,21-,23-,39-/m1/s1. The van der Waals surface area contributed by atoms with E-state index in [-0.39, 0.29) is 22.9 Å². The molecule has 0 saturated carbocycles. The minimum absolute atomic E-state index is 0.0591. The van der Waals surface area contributed by atoms with E-state index in [1.54, 1.807) is 32.0 Å². The van der Waals surface area contributed by atoms with Crippen molar-refractivity contribution < 1.29 is 37.4 Å². The van der Waals surface area contributed by atoms with Crippen molar-refractivity contribution in [3.63, 3.8) is 0 Å². The number of nitrogens with zero attached hydrogens (tertiary/aromatic N) is 3. The molecule has 0 radical (unpaired) electrons. The van der Waals surface area contributed by atoms with Crippen LogP contribution in [0.3, 0.4) is 0 Å². The fraction of sp³-hybridized carbons (Fsp3) is 0.478. The van der Waals surface area contributed by atoms with Crippen LogP contribution < -0.4 is 20.9 Å². The fourth-order valence-electron chi connectivity index (χ4n) is 3.97. The minimum atomic E-state index is -4.31. The van der Waals surface area contributed by atoms with Gasteiger partial charge in [-0.1, -0.05) is 18.2 Å².